The highest BCUT2D eigenvalue weighted by Crippen LogP contribution is 2.28. The molecule has 3 nitrogen and oxygen atoms in total. The van der Waals surface area contributed by atoms with Crippen LogP contribution in [0.3, 0.4) is 0 Å². The van der Waals surface area contributed by atoms with Crippen molar-refractivity contribution < 1.29 is 22.7 Å². The first-order valence-electron chi connectivity index (χ1n) is 4.80. The van der Waals surface area contributed by atoms with Gasteiger partial charge in [-0.05, 0) is 26.0 Å². The van der Waals surface area contributed by atoms with E-state index in [9.17, 15) is 18.0 Å². The van der Waals surface area contributed by atoms with Gasteiger partial charge in [-0.3, -0.25) is 4.79 Å². The lowest BCUT2D eigenvalue weighted by atomic mass is 9.94. The lowest BCUT2D eigenvalue weighted by Gasteiger charge is -2.19. The Morgan fingerprint density at radius 2 is 1.76 bits per heavy atom. The minimum absolute atomic E-state index is 0.183. The van der Waals surface area contributed by atoms with Gasteiger partial charge in [-0.2, -0.15) is 0 Å². The Bertz CT molecular complexity index is 421. The number of alkyl halides is 3. The van der Waals surface area contributed by atoms with Crippen LogP contribution in [0.5, 0.6) is 5.75 Å². The highest BCUT2D eigenvalue weighted by molar-refractivity contribution is 6.04. The highest BCUT2D eigenvalue weighted by atomic mass is 19.4. The maximum absolute atomic E-state index is 12.1. The van der Waals surface area contributed by atoms with Gasteiger partial charge in [0.1, 0.15) is 5.75 Å². The number of nitrogens with two attached hydrogens (primary N) is 1. The van der Waals surface area contributed by atoms with Crippen LogP contribution in [0.15, 0.2) is 24.3 Å². The summed E-state index contributed by atoms with van der Waals surface area (Å²) in [7, 11) is 0. The standard InChI is InChI=1S/C11H12F3NO2/c1-10(2,15)9(16)7-5-3-4-6-8(7)17-11(12,13)14/h3-6H,15H2,1-2H3. The quantitative estimate of drug-likeness (QED) is 0.835. The molecule has 1 aromatic rings. The smallest absolute Gasteiger partial charge is 0.405 e. The first-order chi connectivity index (χ1) is 7.61. The molecule has 0 aromatic heterocycles. The lowest BCUT2D eigenvalue weighted by molar-refractivity contribution is -0.274. The molecule has 1 aromatic carbocycles. The fourth-order valence-electron chi connectivity index (χ4n) is 1.21. The number of benzene rings is 1. The molecule has 0 aliphatic heterocycles. The predicted octanol–water partition coefficient (Wildman–Crippen LogP) is 2.51. The van der Waals surface area contributed by atoms with Crippen molar-refractivity contribution in [1.82, 2.24) is 0 Å². The topological polar surface area (TPSA) is 52.3 Å². The Balaban J connectivity index is 3.13. The molecule has 0 unspecified atom stereocenters. The van der Waals surface area contributed by atoms with Gasteiger partial charge in [0.15, 0.2) is 5.78 Å². The normalized spacial score (nSPS) is 12.4. The number of Topliss-reactive ketones (excluding diaryl/α,β-unsaturated/α-hetero) is 1. The van der Waals surface area contributed by atoms with Crippen molar-refractivity contribution in [3.63, 3.8) is 0 Å². The number of carbonyl (C=O) groups is 1. The number of halogens is 3. The maximum Gasteiger partial charge on any atom is 0.573 e. The zero-order valence-corrected chi connectivity index (χ0v) is 9.34. The molecule has 17 heavy (non-hydrogen) atoms. The van der Waals surface area contributed by atoms with E-state index in [0.717, 1.165) is 6.07 Å². The predicted molar refractivity (Wildman–Crippen MR) is 55.7 cm³/mol. The van der Waals surface area contributed by atoms with Crippen LogP contribution in [0.2, 0.25) is 0 Å². The van der Waals surface area contributed by atoms with Crippen LogP contribution in [0.25, 0.3) is 0 Å². The van der Waals surface area contributed by atoms with E-state index in [1.165, 1.54) is 32.0 Å². The van der Waals surface area contributed by atoms with Gasteiger partial charge in [-0.15, -0.1) is 13.2 Å². The third-order valence-electron chi connectivity index (χ3n) is 1.94. The molecule has 0 aliphatic rings. The molecule has 6 heteroatoms. The monoisotopic (exact) mass is 247 g/mol. The van der Waals surface area contributed by atoms with Gasteiger partial charge in [-0.25, -0.2) is 0 Å². The lowest BCUT2D eigenvalue weighted by Crippen LogP contribution is -2.41. The van der Waals surface area contributed by atoms with Crippen molar-refractivity contribution >= 4 is 5.78 Å². The number of carbonyl (C=O) groups excluding carboxylic acids is 1. The van der Waals surface area contributed by atoms with Crippen molar-refractivity contribution in [2.24, 2.45) is 5.73 Å². The van der Waals surface area contributed by atoms with Crippen molar-refractivity contribution in [1.29, 1.82) is 0 Å². The fraction of sp³-hybridized carbons (Fsp3) is 0.364. The van der Waals surface area contributed by atoms with E-state index in [1.54, 1.807) is 0 Å². The first-order valence-corrected chi connectivity index (χ1v) is 4.80. The molecular formula is C11H12F3NO2. The van der Waals surface area contributed by atoms with E-state index in [4.69, 9.17) is 5.73 Å². The van der Waals surface area contributed by atoms with Gasteiger partial charge in [0.2, 0.25) is 0 Å². The molecule has 1 rings (SSSR count). The summed E-state index contributed by atoms with van der Waals surface area (Å²) >= 11 is 0. The Hall–Kier alpha value is -1.56. The fourth-order valence-corrected chi connectivity index (χ4v) is 1.21. The van der Waals surface area contributed by atoms with Crippen molar-refractivity contribution in [3.8, 4) is 5.75 Å². The van der Waals surface area contributed by atoms with E-state index in [2.05, 4.69) is 4.74 Å². The van der Waals surface area contributed by atoms with Gasteiger partial charge in [0.25, 0.3) is 0 Å². The minimum Gasteiger partial charge on any atom is -0.405 e. The van der Waals surface area contributed by atoms with Crippen LogP contribution >= 0.6 is 0 Å². The number of para-hydroxylation sites is 1. The van der Waals surface area contributed by atoms with E-state index in [-0.39, 0.29) is 5.56 Å². The number of hydrogen-bond donors (Lipinski definition) is 1. The van der Waals surface area contributed by atoms with Crippen LogP contribution in [0.4, 0.5) is 13.2 Å². The zero-order chi connectivity index (χ0) is 13.3. The minimum atomic E-state index is -4.84. The van der Waals surface area contributed by atoms with Crippen molar-refractivity contribution in [3.05, 3.63) is 29.8 Å². The molecule has 0 saturated carbocycles. The Labute approximate surface area is 96.4 Å². The van der Waals surface area contributed by atoms with Gasteiger partial charge in [0.05, 0.1) is 11.1 Å². The van der Waals surface area contributed by atoms with E-state index >= 15 is 0 Å². The van der Waals surface area contributed by atoms with Crippen LogP contribution in [-0.2, 0) is 0 Å². The zero-order valence-electron chi connectivity index (χ0n) is 9.34. The largest absolute Gasteiger partial charge is 0.573 e. The number of ketones is 1. The number of rotatable bonds is 3. The Morgan fingerprint density at radius 3 is 2.24 bits per heavy atom. The first kappa shape index (κ1) is 13.5. The third kappa shape index (κ3) is 3.74. The molecule has 0 saturated heterocycles. The summed E-state index contributed by atoms with van der Waals surface area (Å²) in [6.45, 7) is 2.83. The summed E-state index contributed by atoms with van der Waals surface area (Å²) in [4.78, 5) is 11.8. The molecule has 0 atom stereocenters. The Kier molecular flexibility index (Phi) is 3.47. The molecule has 0 radical (unpaired) electrons. The summed E-state index contributed by atoms with van der Waals surface area (Å²) in [5.74, 6) is -1.15. The SMILES string of the molecule is CC(C)(N)C(=O)c1ccccc1OC(F)(F)F. The molecule has 0 spiro atoms. The van der Waals surface area contributed by atoms with Crippen LogP contribution in [0, 0.1) is 0 Å². The van der Waals surface area contributed by atoms with Crippen molar-refractivity contribution in [2.75, 3.05) is 0 Å². The van der Waals surface area contributed by atoms with Gasteiger partial charge >= 0.3 is 6.36 Å². The molecule has 0 fully saturated rings. The third-order valence-corrected chi connectivity index (χ3v) is 1.94. The van der Waals surface area contributed by atoms with Gasteiger partial charge in [-0.1, -0.05) is 12.1 Å². The second-order valence-corrected chi connectivity index (χ2v) is 4.09. The molecular weight excluding hydrogens is 235 g/mol. The molecule has 0 aliphatic carbocycles. The van der Waals surface area contributed by atoms with Crippen LogP contribution in [0.1, 0.15) is 24.2 Å². The number of hydrogen-bond acceptors (Lipinski definition) is 3. The van der Waals surface area contributed by atoms with E-state index < -0.39 is 23.4 Å². The van der Waals surface area contributed by atoms with Crippen LogP contribution < -0.4 is 10.5 Å². The van der Waals surface area contributed by atoms with E-state index in [1.807, 2.05) is 0 Å². The van der Waals surface area contributed by atoms with Gasteiger partial charge < -0.3 is 10.5 Å². The summed E-state index contributed by atoms with van der Waals surface area (Å²) in [6, 6.07) is 5.12. The molecule has 0 heterocycles. The second kappa shape index (κ2) is 4.37. The summed E-state index contributed by atoms with van der Waals surface area (Å²) < 4.78 is 40.1. The van der Waals surface area contributed by atoms with Crippen LogP contribution in [-0.4, -0.2) is 17.7 Å². The average molecular weight is 247 g/mol. The second-order valence-electron chi connectivity index (χ2n) is 4.09. The molecule has 0 bridgehead atoms. The van der Waals surface area contributed by atoms with E-state index in [0.29, 0.717) is 0 Å². The number of ether oxygens (including phenoxy) is 1. The summed E-state index contributed by atoms with van der Waals surface area (Å²) in [5, 5.41) is 0. The highest BCUT2D eigenvalue weighted by Gasteiger charge is 2.34. The molecule has 2 N–H and O–H groups in total. The Morgan fingerprint density at radius 1 is 1.24 bits per heavy atom. The maximum atomic E-state index is 12.1. The summed E-state index contributed by atoms with van der Waals surface area (Å²) in [6.07, 6.45) is -4.84. The van der Waals surface area contributed by atoms with Gasteiger partial charge in [0, 0.05) is 0 Å². The van der Waals surface area contributed by atoms with Crippen molar-refractivity contribution in [2.45, 2.75) is 25.7 Å². The summed E-state index contributed by atoms with van der Waals surface area (Å²) in [5.41, 5.74) is 4.12. The molecule has 94 valence electrons. The molecule has 0 amide bonds. The average Bonchev–Trinajstić information content (AvgIpc) is 2.13.